The van der Waals surface area contributed by atoms with Crippen LogP contribution in [0.1, 0.15) is 25.3 Å². The summed E-state index contributed by atoms with van der Waals surface area (Å²) >= 11 is 5.06. The van der Waals surface area contributed by atoms with E-state index < -0.39 is 0 Å². The van der Waals surface area contributed by atoms with E-state index in [1.807, 2.05) is 0 Å². The van der Waals surface area contributed by atoms with E-state index in [0.717, 1.165) is 45.6 Å². The van der Waals surface area contributed by atoms with Gasteiger partial charge < -0.3 is 5.73 Å². The first-order valence-corrected chi connectivity index (χ1v) is 7.88. The van der Waals surface area contributed by atoms with Gasteiger partial charge in [-0.05, 0) is 12.0 Å². The Kier molecular flexibility index (Phi) is 5.95. The second-order valence-electron chi connectivity index (χ2n) is 5.53. The fourth-order valence-electron chi connectivity index (χ4n) is 2.89. The molecule has 1 unspecified atom stereocenters. The predicted molar refractivity (Wildman–Crippen MR) is 88.8 cm³/mol. The number of benzene rings is 1. The molecule has 0 spiro atoms. The van der Waals surface area contributed by atoms with Crippen LogP contribution in [0.2, 0.25) is 0 Å². The van der Waals surface area contributed by atoms with Crippen molar-refractivity contribution in [1.82, 2.24) is 9.80 Å². The van der Waals surface area contributed by atoms with Gasteiger partial charge in [-0.1, -0.05) is 49.5 Å². The number of hydrogen-bond donors (Lipinski definition) is 1. The first-order valence-electron chi connectivity index (χ1n) is 7.47. The molecular weight excluding hydrogens is 266 g/mol. The molecule has 1 atom stereocenters. The van der Waals surface area contributed by atoms with Gasteiger partial charge in [0, 0.05) is 45.2 Å². The quantitative estimate of drug-likeness (QED) is 0.815. The van der Waals surface area contributed by atoms with E-state index in [-0.39, 0.29) is 0 Å². The van der Waals surface area contributed by atoms with Crippen molar-refractivity contribution >= 4 is 17.2 Å². The van der Waals surface area contributed by atoms with Gasteiger partial charge in [-0.3, -0.25) is 9.80 Å². The molecule has 1 heterocycles. The molecule has 4 heteroatoms. The zero-order chi connectivity index (χ0) is 14.4. The number of hydrogen-bond acceptors (Lipinski definition) is 3. The van der Waals surface area contributed by atoms with Crippen LogP contribution in [0, 0.1) is 0 Å². The van der Waals surface area contributed by atoms with Crippen molar-refractivity contribution in [2.75, 3.05) is 26.2 Å². The average molecular weight is 291 g/mol. The third kappa shape index (κ3) is 4.54. The maximum Gasteiger partial charge on any atom is 0.0743 e. The number of nitrogens with two attached hydrogens (primary N) is 1. The van der Waals surface area contributed by atoms with Crippen LogP contribution in [-0.4, -0.2) is 47.0 Å². The third-order valence-electron chi connectivity index (χ3n) is 4.08. The van der Waals surface area contributed by atoms with Crippen molar-refractivity contribution in [3.05, 3.63) is 35.9 Å². The van der Waals surface area contributed by atoms with Gasteiger partial charge in [0.1, 0.15) is 0 Å². The topological polar surface area (TPSA) is 32.5 Å². The molecule has 1 fully saturated rings. The highest BCUT2D eigenvalue weighted by atomic mass is 32.1. The zero-order valence-corrected chi connectivity index (χ0v) is 13.1. The van der Waals surface area contributed by atoms with E-state index in [1.54, 1.807) is 0 Å². The molecule has 0 radical (unpaired) electrons. The predicted octanol–water partition coefficient (Wildman–Crippen LogP) is 2.26. The minimum absolute atomic E-state index is 0.520. The number of nitrogens with zero attached hydrogens (tertiary/aromatic N) is 2. The molecule has 20 heavy (non-hydrogen) atoms. The molecule has 3 nitrogen and oxygen atoms in total. The highest BCUT2D eigenvalue weighted by molar-refractivity contribution is 7.80. The van der Waals surface area contributed by atoms with Gasteiger partial charge in [0.2, 0.25) is 0 Å². The third-order valence-corrected chi connectivity index (χ3v) is 4.25. The number of rotatable bonds is 6. The highest BCUT2D eigenvalue weighted by Gasteiger charge is 2.23. The van der Waals surface area contributed by atoms with Crippen molar-refractivity contribution in [3.8, 4) is 0 Å². The molecular formula is C16H25N3S. The first-order chi connectivity index (χ1) is 9.69. The SMILES string of the molecule is CCC(CC(N)=S)N1CCN(Cc2ccccc2)CC1. The average Bonchev–Trinajstić information content (AvgIpc) is 2.46. The Hall–Kier alpha value is -0.970. The minimum atomic E-state index is 0.520. The van der Waals surface area contributed by atoms with Crippen LogP contribution in [0.4, 0.5) is 0 Å². The van der Waals surface area contributed by atoms with Crippen LogP contribution < -0.4 is 5.73 Å². The standard InChI is InChI=1S/C16H25N3S/c1-2-15(12-16(17)20)19-10-8-18(9-11-19)13-14-6-4-3-5-7-14/h3-7,15H,2,8-13H2,1H3,(H2,17,20). The maximum atomic E-state index is 5.70. The molecule has 1 aliphatic heterocycles. The summed E-state index contributed by atoms with van der Waals surface area (Å²) in [4.78, 5) is 5.71. The van der Waals surface area contributed by atoms with Crippen LogP contribution in [0.15, 0.2) is 30.3 Å². The Labute approximate surface area is 127 Å². The normalized spacial score (nSPS) is 18.9. The Morgan fingerprint density at radius 2 is 1.85 bits per heavy atom. The van der Waals surface area contributed by atoms with Gasteiger partial charge in [-0.2, -0.15) is 0 Å². The van der Waals surface area contributed by atoms with Crippen LogP contribution in [-0.2, 0) is 6.54 Å². The molecule has 0 aromatic heterocycles. The molecule has 0 aliphatic carbocycles. The summed E-state index contributed by atoms with van der Waals surface area (Å²) in [6.45, 7) is 7.77. The summed E-state index contributed by atoms with van der Waals surface area (Å²) in [5, 5.41) is 0. The van der Waals surface area contributed by atoms with E-state index in [4.69, 9.17) is 18.0 Å². The Bertz CT molecular complexity index is 413. The summed E-state index contributed by atoms with van der Waals surface area (Å²) in [5.74, 6) is 0. The summed E-state index contributed by atoms with van der Waals surface area (Å²) in [7, 11) is 0. The van der Waals surface area contributed by atoms with Gasteiger partial charge in [0.25, 0.3) is 0 Å². The number of thiocarbonyl (C=S) groups is 1. The van der Waals surface area contributed by atoms with Gasteiger partial charge in [0.05, 0.1) is 4.99 Å². The molecule has 1 aromatic rings. The molecule has 2 rings (SSSR count). The van der Waals surface area contributed by atoms with Gasteiger partial charge >= 0.3 is 0 Å². The van der Waals surface area contributed by atoms with E-state index >= 15 is 0 Å². The first kappa shape index (κ1) is 15.4. The summed E-state index contributed by atoms with van der Waals surface area (Å²) in [5.41, 5.74) is 7.10. The lowest BCUT2D eigenvalue weighted by molar-refractivity contribution is 0.0923. The molecule has 1 saturated heterocycles. The fourth-order valence-corrected chi connectivity index (χ4v) is 3.08. The van der Waals surface area contributed by atoms with E-state index in [1.165, 1.54) is 5.56 Å². The van der Waals surface area contributed by atoms with Crippen molar-refractivity contribution in [2.45, 2.75) is 32.4 Å². The Morgan fingerprint density at radius 3 is 2.40 bits per heavy atom. The van der Waals surface area contributed by atoms with Gasteiger partial charge in [-0.25, -0.2) is 0 Å². The smallest absolute Gasteiger partial charge is 0.0743 e. The molecule has 0 saturated carbocycles. The lowest BCUT2D eigenvalue weighted by atomic mass is 10.1. The van der Waals surface area contributed by atoms with Crippen molar-refractivity contribution < 1.29 is 0 Å². The lowest BCUT2D eigenvalue weighted by Crippen LogP contribution is -2.50. The Morgan fingerprint density at radius 1 is 1.20 bits per heavy atom. The van der Waals surface area contributed by atoms with Crippen LogP contribution in [0.3, 0.4) is 0 Å². The molecule has 110 valence electrons. The van der Waals surface area contributed by atoms with Gasteiger partial charge in [0.15, 0.2) is 0 Å². The largest absolute Gasteiger partial charge is 0.393 e. The van der Waals surface area contributed by atoms with Crippen LogP contribution >= 0.6 is 12.2 Å². The molecule has 2 N–H and O–H groups in total. The molecule has 1 aliphatic rings. The van der Waals surface area contributed by atoms with Crippen LogP contribution in [0.5, 0.6) is 0 Å². The van der Waals surface area contributed by atoms with Gasteiger partial charge in [-0.15, -0.1) is 0 Å². The van der Waals surface area contributed by atoms with E-state index in [0.29, 0.717) is 11.0 Å². The number of piperazine rings is 1. The monoisotopic (exact) mass is 291 g/mol. The van der Waals surface area contributed by atoms with Crippen LogP contribution in [0.25, 0.3) is 0 Å². The molecule has 0 amide bonds. The lowest BCUT2D eigenvalue weighted by Gasteiger charge is -2.39. The fraction of sp³-hybridized carbons (Fsp3) is 0.562. The molecule has 1 aromatic carbocycles. The second kappa shape index (κ2) is 7.72. The summed E-state index contributed by atoms with van der Waals surface area (Å²) in [6, 6.07) is 11.2. The zero-order valence-electron chi connectivity index (χ0n) is 12.3. The van der Waals surface area contributed by atoms with Crippen molar-refractivity contribution in [3.63, 3.8) is 0 Å². The summed E-state index contributed by atoms with van der Waals surface area (Å²) in [6.07, 6.45) is 1.97. The summed E-state index contributed by atoms with van der Waals surface area (Å²) < 4.78 is 0. The Balaban J connectivity index is 1.81. The maximum absolute atomic E-state index is 5.70. The molecule has 0 bridgehead atoms. The minimum Gasteiger partial charge on any atom is -0.393 e. The van der Waals surface area contributed by atoms with E-state index in [9.17, 15) is 0 Å². The van der Waals surface area contributed by atoms with E-state index in [2.05, 4.69) is 47.1 Å². The van der Waals surface area contributed by atoms with Crippen molar-refractivity contribution in [1.29, 1.82) is 0 Å². The van der Waals surface area contributed by atoms with Crippen molar-refractivity contribution in [2.24, 2.45) is 5.73 Å². The highest BCUT2D eigenvalue weighted by Crippen LogP contribution is 2.14. The second-order valence-corrected chi connectivity index (χ2v) is 6.05.